The molecule has 0 aromatic carbocycles. The fourth-order valence-corrected chi connectivity index (χ4v) is 1.51. The SMILES string of the molecule is CCCCN(CC)CC(C)C(=O)OCC. The van der Waals surface area contributed by atoms with Crippen LogP contribution in [0.2, 0.25) is 0 Å². The smallest absolute Gasteiger partial charge is 0.309 e. The van der Waals surface area contributed by atoms with E-state index in [1.54, 1.807) is 0 Å². The molecule has 0 aromatic rings. The Hall–Kier alpha value is -0.570. The number of hydrogen-bond donors (Lipinski definition) is 0. The Labute approximate surface area is 93.8 Å². The van der Waals surface area contributed by atoms with Gasteiger partial charge in [0.25, 0.3) is 0 Å². The number of carbonyl (C=O) groups excluding carboxylic acids is 1. The number of nitrogens with zero attached hydrogens (tertiary/aromatic N) is 1. The summed E-state index contributed by atoms with van der Waals surface area (Å²) in [7, 11) is 0. The largest absolute Gasteiger partial charge is 0.466 e. The second-order valence-corrected chi connectivity index (χ2v) is 3.90. The Bertz CT molecular complexity index is 171. The number of hydrogen-bond acceptors (Lipinski definition) is 3. The van der Waals surface area contributed by atoms with Gasteiger partial charge in [-0.1, -0.05) is 27.2 Å². The van der Waals surface area contributed by atoms with Gasteiger partial charge in [0.1, 0.15) is 0 Å². The molecule has 0 aliphatic rings. The van der Waals surface area contributed by atoms with Gasteiger partial charge in [-0.2, -0.15) is 0 Å². The first-order valence-corrected chi connectivity index (χ1v) is 6.04. The van der Waals surface area contributed by atoms with Gasteiger partial charge in [-0.05, 0) is 26.4 Å². The average Bonchev–Trinajstić information content (AvgIpc) is 2.24. The van der Waals surface area contributed by atoms with Crippen LogP contribution in [0.5, 0.6) is 0 Å². The highest BCUT2D eigenvalue weighted by atomic mass is 16.5. The van der Waals surface area contributed by atoms with Gasteiger partial charge in [0, 0.05) is 6.54 Å². The molecule has 3 nitrogen and oxygen atoms in total. The average molecular weight is 215 g/mol. The van der Waals surface area contributed by atoms with Gasteiger partial charge >= 0.3 is 5.97 Å². The molecule has 0 saturated heterocycles. The highest BCUT2D eigenvalue weighted by Crippen LogP contribution is 2.04. The topological polar surface area (TPSA) is 29.5 Å². The van der Waals surface area contributed by atoms with E-state index in [1.807, 2.05) is 13.8 Å². The number of unbranched alkanes of at least 4 members (excludes halogenated alkanes) is 1. The maximum atomic E-state index is 11.4. The van der Waals surface area contributed by atoms with Crippen LogP contribution < -0.4 is 0 Å². The van der Waals surface area contributed by atoms with Crippen LogP contribution in [0.1, 0.15) is 40.5 Å². The zero-order chi connectivity index (χ0) is 11.7. The maximum absolute atomic E-state index is 11.4. The molecule has 3 heteroatoms. The van der Waals surface area contributed by atoms with E-state index in [-0.39, 0.29) is 11.9 Å². The highest BCUT2D eigenvalue weighted by molar-refractivity contribution is 5.72. The summed E-state index contributed by atoms with van der Waals surface area (Å²) in [4.78, 5) is 13.7. The lowest BCUT2D eigenvalue weighted by atomic mass is 10.1. The summed E-state index contributed by atoms with van der Waals surface area (Å²) < 4.78 is 4.99. The Morgan fingerprint density at radius 1 is 1.33 bits per heavy atom. The minimum absolute atomic E-state index is 0.0123. The van der Waals surface area contributed by atoms with Gasteiger partial charge in [-0.3, -0.25) is 4.79 Å². The third kappa shape index (κ3) is 6.50. The van der Waals surface area contributed by atoms with Crippen molar-refractivity contribution >= 4 is 5.97 Å². The molecule has 0 fully saturated rings. The van der Waals surface area contributed by atoms with Crippen molar-refractivity contribution in [2.75, 3.05) is 26.2 Å². The number of ether oxygens (including phenoxy) is 1. The van der Waals surface area contributed by atoms with E-state index in [0.717, 1.165) is 19.6 Å². The fraction of sp³-hybridized carbons (Fsp3) is 0.917. The fourth-order valence-electron chi connectivity index (χ4n) is 1.51. The van der Waals surface area contributed by atoms with Gasteiger partial charge in [0.05, 0.1) is 12.5 Å². The van der Waals surface area contributed by atoms with Gasteiger partial charge in [-0.15, -0.1) is 0 Å². The molecule has 0 N–H and O–H groups in total. The van der Waals surface area contributed by atoms with Crippen molar-refractivity contribution in [3.05, 3.63) is 0 Å². The Balaban J connectivity index is 3.88. The van der Waals surface area contributed by atoms with Crippen molar-refractivity contribution in [1.82, 2.24) is 4.90 Å². The molecule has 0 heterocycles. The van der Waals surface area contributed by atoms with Crippen LogP contribution in [0.3, 0.4) is 0 Å². The highest BCUT2D eigenvalue weighted by Gasteiger charge is 2.16. The molecule has 15 heavy (non-hydrogen) atoms. The normalized spacial score (nSPS) is 12.9. The molecule has 0 aliphatic carbocycles. The van der Waals surface area contributed by atoms with Gasteiger partial charge in [0.15, 0.2) is 0 Å². The third-order valence-electron chi connectivity index (χ3n) is 2.50. The van der Waals surface area contributed by atoms with E-state index in [4.69, 9.17) is 4.74 Å². The van der Waals surface area contributed by atoms with Crippen LogP contribution in [0.15, 0.2) is 0 Å². The van der Waals surface area contributed by atoms with E-state index < -0.39 is 0 Å². The van der Waals surface area contributed by atoms with Crippen molar-refractivity contribution in [2.45, 2.75) is 40.5 Å². The predicted octanol–water partition coefficient (Wildman–Crippen LogP) is 2.31. The molecule has 0 radical (unpaired) electrons. The van der Waals surface area contributed by atoms with Crippen molar-refractivity contribution < 1.29 is 9.53 Å². The molecule has 0 amide bonds. The summed E-state index contributed by atoms with van der Waals surface area (Å²) in [6, 6.07) is 0. The minimum Gasteiger partial charge on any atom is -0.466 e. The lowest BCUT2D eigenvalue weighted by Crippen LogP contribution is -2.33. The molecule has 1 unspecified atom stereocenters. The molecular weight excluding hydrogens is 190 g/mol. The molecule has 0 aliphatic heterocycles. The summed E-state index contributed by atoms with van der Waals surface area (Å²) in [5.41, 5.74) is 0. The molecule has 0 saturated carbocycles. The maximum Gasteiger partial charge on any atom is 0.309 e. The zero-order valence-corrected chi connectivity index (χ0v) is 10.6. The van der Waals surface area contributed by atoms with Crippen molar-refractivity contribution in [1.29, 1.82) is 0 Å². The number of carbonyl (C=O) groups is 1. The molecule has 0 rings (SSSR count). The van der Waals surface area contributed by atoms with E-state index >= 15 is 0 Å². The standard InChI is InChI=1S/C12H25NO2/c1-5-8-9-13(6-2)10-11(4)12(14)15-7-3/h11H,5-10H2,1-4H3. The molecule has 0 aromatic heterocycles. The van der Waals surface area contributed by atoms with Crippen LogP contribution in [0, 0.1) is 5.92 Å². The van der Waals surface area contributed by atoms with E-state index in [2.05, 4.69) is 18.7 Å². The van der Waals surface area contributed by atoms with Gasteiger partial charge in [-0.25, -0.2) is 0 Å². The minimum atomic E-state index is -0.0764. The number of rotatable bonds is 8. The first-order valence-electron chi connectivity index (χ1n) is 6.04. The predicted molar refractivity (Wildman–Crippen MR) is 62.8 cm³/mol. The lowest BCUT2D eigenvalue weighted by Gasteiger charge is -2.23. The van der Waals surface area contributed by atoms with Crippen molar-refractivity contribution in [3.63, 3.8) is 0 Å². The molecule has 90 valence electrons. The van der Waals surface area contributed by atoms with E-state index in [0.29, 0.717) is 6.61 Å². The summed E-state index contributed by atoms with van der Waals surface area (Å²) >= 11 is 0. The molecular formula is C12H25NO2. The summed E-state index contributed by atoms with van der Waals surface area (Å²) in [6.45, 7) is 11.5. The molecule has 0 bridgehead atoms. The third-order valence-corrected chi connectivity index (χ3v) is 2.50. The van der Waals surface area contributed by atoms with Crippen LogP contribution in [0.25, 0.3) is 0 Å². The summed E-state index contributed by atoms with van der Waals surface area (Å²) in [5, 5.41) is 0. The lowest BCUT2D eigenvalue weighted by molar-refractivity contribution is -0.148. The molecule has 1 atom stereocenters. The van der Waals surface area contributed by atoms with E-state index in [1.165, 1.54) is 12.8 Å². The zero-order valence-electron chi connectivity index (χ0n) is 10.6. The van der Waals surface area contributed by atoms with E-state index in [9.17, 15) is 4.79 Å². The first-order chi connectivity index (χ1) is 7.15. The summed E-state index contributed by atoms with van der Waals surface area (Å²) in [6.07, 6.45) is 2.40. The van der Waals surface area contributed by atoms with Gasteiger partial charge < -0.3 is 9.64 Å². The van der Waals surface area contributed by atoms with Crippen LogP contribution in [-0.2, 0) is 9.53 Å². The van der Waals surface area contributed by atoms with Gasteiger partial charge in [0.2, 0.25) is 0 Å². The Morgan fingerprint density at radius 3 is 2.47 bits per heavy atom. The molecule has 0 spiro atoms. The first kappa shape index (κ1) is 14.4. The quantitative estimate of drug-likeness (QED) is 0.582. The summed E-state index contributed by atoms with van der Waals surface area (Å²) in [5.74, 6) is -0.0887. The van der Waals surface area contributed by atoms with Crippen molar-refractivity contribution in [3.8, 4) is 0 Å². The Kier molecular flexibility index (Phi) is 8.38. The second kappa shape index (κ2) is 8.72. The second-order valence-electron chi connectivity index (χ2n) is 3.90. The monoisotopic (exact) mass is 215 g/mol. The Morgan fingerprint density at radius 2 is 2.00 bits per heavy atom. The van der Waals surface area contributed by atoms with Crippen LogP contribution in [0.4, 0.5) is 0 Å². The van der Waals surface area contributed by atoms with Crippen LogP contribution >= 0.6 is 0 Å². The number of esters is 1. The van der Waals surface area contributed by atoms with Crippen molar-refractivity contribution in [2.24, 2.45) is 5.92 Å². The van der Waals surface area contributed by atoms with Crippen LogP contribution in [-0.4, -0.2) is 37.1 Å².